The summed E-state index contributed by atoms with van der Waals surface area (Å²) < 4.78 is 9.21. The molecule has 0 fully saturated rings. The van der Waals surface area contributed by atoms with E-state index in [0.717, 1.165) is 17.1 Å². The molecule has 3 aromatic rings. The molecule has 1 amide bonds. The third-order valence-corrected chi connectivity index (χ3v) is 6.86. The predicted octanol–water partition coefficient (Wildman–Crippen LogP) is 7.40. The summed E-state index contributed by atoms with van der Waals surface area (Å²) in [5.74, 6) is 0. The fourth-order valence-corrected chi connectivity index (χ4v) is 5.29. The molecular formula is C33H40N8O2+2. The molecule has 2 aliphatic heterocycles. The first kappa shape index (κ1) is 29.8. The van der Waals surface area contributed by atoms with Crippen molar-refractivity contribution in [2.24, 2.45) is 20.7 Å². The molecule has 5 rings (SSSR count). The van der Waals surface area contributed by atoms with Crippen LogP contribution in [0.3, 0.4) is 0 Å². The minimum atomic E-state index is -0.619. The number of hydrogen-bond donors (Lipinski definition) is 1. The maximum atomic E-state index is 12.8. The van der Waals surface area contributed by atoms with E-state index in [1.807, 2.05) is 66.8 Å². The van der Waals surface area contributed by atoms with Crippen LogP contribution in [0.1, 0.15) is 43.0 Å². The number of para-hydroxylation sites is 2. The molecule has 2 aliphatic rings. The van der Waals surface area contributed by atoms with E-state index in [1.165, 1.54) is 22.3 Å². The molecule has 10 nitrogen and oxygen atoms in total. The van der Waals surface area contributed by atoms with Crippen molar-refractivity contribution in [1.82, 2.24) is 0 Å². The smallest absolute Gasteiger partial charge is 0.412 e. The number of nitrogens with one attached hydrogen (secondary N) is 1. The van der Waals surface area contributed by atoms with Crippen molar-refractivity contribution in [2.75, 3.05) is 23.3 Å². The van der Waals surface area contributed by atoms with Gasteiger partial charge in [0, 0.05) is 10.2 Å². The monoisotopic (exact) mass is 580 g/mol. The number of aryl methyl sites for hydroxylation is 4. The first-order valence-corrected chi connectivity index (χ1v) is 14.5. The first-order chi connectivity index (χ1) is 20.4. The SMILES string of the molecule is Cc1cc(C)cc([N+]2=CC(CN(CC3C=[N+](c4cc(C)cc(C)c4)N=N3)c3ccccc3NC(=O)OC(C)(C)C)N=N2)c1. The Kier molecular flexibility index (Phi) is 8.47. The number of rotatable bonds is 8. The lowest BCUT2D eigenvalue weighted by molar-refractivity contribution is -0.444. The van der Waals surface area contributed by atoms with E-state index >= 15 is 0 Å². The summed E-state index contributed by atoms with van der Waals surface area (Å²) in [5.41, 5.74) is 7.47. The Morgan fingerprint density at radius 1 is 0.791 bits per heavy atom. The fraction of sp³-hybridized carbons (Fsp3) is 0.364. The van der Waals surface area contributed by atoms with Gasteiger partial charge in [0.25, 0.3) is 0 Å². The highest BCUT2D eigenvalue weighted by Crippen LogP contribution is 2.29. The van der Waals surface area contributed by atoms with Gasteiger partial charge in [-0.05, 0) is 107 Å². The van der Waals surface area contributed by atoms with E-state index < -0.39 is 11.7 Å². The first-order valence-electron chi connectivity index (χ1n) is 14.5. The van der Waals surface area contributed by atoms with E-state index in [2.05, 4.69) is 95.0 Å². The van der Waals surface area contributed by atoms with Gasteiger partial charge in [0.15, 0.2) is 23.8 Å². The predicted molar refractivity (Wildman–Crippen MR) is 170 cm³/mol. The summed E-state index contributed by atoms with van der Waals surface area (Å²) in [6.07, 6.45) is 3.53. The Hall–Kier alpha value is -4.73. The lowest BCUT2D eigenvalue weighted by Gasteiger charge is -2.27. The van der Waals surface area contributed by atoms with Crippen molar-refractivity contribution in [3.05, 3.63) is 82.9 Å². The zero-order valence-corrected chi connectivity index (χ0v) is 25.9. The quantitative estimate of drug-likeness (QED) is 0.281. The summed E-state index contributed by atoms with van der Waals surface area (Å²) in [6, 6.07) is 19.9. The van der Waals surface area contributed by atoms with E-state index in [4.69, 9.17) is 4.74 Å². The highest BCUT2D eigenvalue weighted by atomic mass is 16.6. The van der Waals surface area contributed by atoms with Crippen molar-refractivity contribution in [2.45, 2.75) is 66.2 Å². The number of carbonyl (C=O) groups is 1. The van der Waals surface area contributed by atoms with Crippen LogP contribution in [0.4, 0.5) is 27.5 Å². The summed E-state index contributed by atoms with van der Waals surface area (Å²) in [5, 5.41) is 21.0. The van der Waals surface area contributed by atoms with Crippen LogP contribution in [-0.2, 0) is 4.74 Å². The fourth-order valence-electron chi connectivity index (χ4n) is 5.29. The van der Waals surface area contributed by atoms with Crippen molar-refractivity contribution < 1.29 is 18.9 Å². The van der Waals surface area contributed by atoms with Crippen LogP contribution in [0, 0.1) is 27.7 Å². The summed E-state index contributed by atoms with van der Waals surface area (Å²) >= 11 is 0. The number of nitrogens with zero attached hydrogens (tertiary/aromatic N) is 7. The standard InChI is InChI=1S/C33H39N8O2/c1-22-12-23(2)15-28(14-22)40-20-26(35-37-40)18-39(31-11-9-8-10-30(31)34-32(42)43-33(5,6)7)19-27-21-41(38-36-27)29-16-24(3)13-25(4)17-29/h8-17,20-21,26-27H,18-19H2,1-7H3/q+1/p+1. The lowest BCUT2D eigenvalue weighted by atomic mass is 10.1. The zero-order chi connectivity index (χ0) is 30.7. The zero-order valence-electron chi connectivity index (χ0n) is 25.9. The van der Waals surface area contributed by atoms with Crippen LogP contribution < -0.4 is 10.2 Å². The molecule has 3 aromatic carbocycles. The molecule has 0 saturated carbocycles. The molecule has 0 radical (unpaired) electrons. The minimum Gasteiger partial charge on any atom is -0.444 e. The van der Waals surface area contributed by atoms with Crippen molar-refractivity contribution in [1.29, 1.82) is 0 Å². The Morgan fingerprint density at radius 2 is 1.26 bits per heavy atom. The second kappa shape index (κ2) is 12.2. The Balaban J connectivity index is 1.43. The van der Waals surface area contributed by atoms with Gasteiger partial charge >= 0.3 is 6.09 Å². The molecular weight excluding hydrogens is 540 g/mol. The van der Waals surface area contributed by atoms with Crippen LogP contribution in [0.15, 0.2) is 81.3 Å². The number of amides is 1. The van der Waals surface area contributed by atoms with Crippen LogP contribution in [0.5, 0.6) is 0 Å². The molecule has 2 heterocycles. The molecule has 0 saturated heterocycles. The van der Waals surface area contributed by atoms with Crippen molar-refractivity contribution in [3.63, 3.8) is 0 Å². The normalized spacial score (nSPS) is 17.6. The van der Waals surface area contributed by atoms with Gasteiger partial charge in [-0.15, -0.1) is 9.37 Å². The average molecular weight is 581 g/mol. The number of hydrogen-bond acceptors (Lipinski definition) is 7. The Labute approximate surface area is 253 Å². The largest absolute Gasteiger partial charge is 0.444 e. The molecule has 0 aliphatic carbocycles. The molecule has 222 valence electrons. The third-order valence-electron chi connectivity index (χ3n) is 6.86. The Bertz CT molecular complexity index is 1520. The van der Waals surface area contributed by atoms with Crippen LogP contribution in [0.2, 0.25) is 0 Å². The van der Waals surface area contributed by atoms with Gasteiger partial charge in [0.1, 0.15) is 16.0 Å². The van der Waals surface area contributed by atoms with Crippen LogP contribution in [-0.4, -0.2) is 58.7 Å². The second-order valence-corrected chi connectivity index (χ2v) is 12.3. The van der Waals surface area contributed by atoms with Gasteiger partial charge in [0.2, 0.25) is 12.1 Å². The maximum absolute atomic E-state index is 12.8. The van der Waals surface area contributed by atoms with Gasteiger partial charge < -0.3 is 9.64 Å². The van der Waals surface area contributed by atoms with Crippen molar-refractivity contribution >= 4 is 41.3 Å². The van der Waals surface area contributed by atoms with Gasteiger partial charge in [-0.25, -0.2) is 4.79 Å². The van der Waals surface area contributed by atoms with Crippen LogP contribution in [0.25, 0.3) is 0 Å². The molecule has 0 bridgehead atoms. The van der Waals surface area contributed by atoms with E-state index in [-0.39, 0.29) is 12.1 Å². The number of ether oxygens (including phenoxy) is 1. The second-order valence-electron chi connectivity index (χ2n) is 12.3. The molecule has 43 heavy (non-hydrogen) atoms. The molecule has 1 N–H and O–H groups in total. The summed E-state index contributed by atoms with van der Waals surface area (Å²) in [6.45, 7) is 14.9. The number of benzene rings is 3. The summed E-state index contributed by atoms with van der Waals surface area (Å²) in [7, 11) is 0. The van der Waals surface area contributed by atoms with Gasteiger partial charge in [0.05, 0.1) is 24.5 Å². The molecule has 2 atom stereocenters. The van der Waals surface area contributed by atoms with E-state index in [1.54, 1.807) is 0 Å². The number of carbonyl (C=O) groups excluding carboxylic acids is 1. The highest BCUT2D eigenvalue weighted by Gasteiger charge is 2.32. The topological polar surface area (TPSA) is 97.0 Å². The molecule has 0 aromatic heterocycles. The minimum absolute atomic E-state index is 0.218. The van der Waals surface area contributed by atoms with Crippen LogP contribution >= 0.6 is 0 Å². The lowest BCUT2D eigenvalue weighted by Crippen LogP contribution is -2.38. The molecule has 2 unspecified atom stereocenters. The average Bonchev–Trinajstić information content (AvgIpc) is 3.56. The van der Waals surface area contributed by atoms with Gasteiger partial charge in [-0.2, -0.15) is 0 Å². The summed E-state index contributed by atoms with van der Waals surface area (Å²) in [4.78, 5) is 14.9. The van der Waals surface area contributed by atoms with E-state index in [9.17, 15) is 4.79 Å². The molecule has 10 heteroatoms. The number of anilines is 2. The molecule has 0 spiro atoms. The van der Waals surface area contributed by atoms with Gasteiger partial charge in [-0.1, -0.05) is 24.3 Å². The van der Waals surface area contributed by atoms with Crippen molar-refractivity contribution in [3.8, 4) is 0 Å². The highest BCUT2D eigenvalue weighted by molar-refractivity contribution is 5.90. The third kappa shape index (κ3) is 7.77. The Morgan fingerprint density at radius 3 is 1.72 bits per heavy atom. The maximum Gasteiger partial charge on any atom is 0.412 e. The van der Waals surface area contributed by atoms with E-state index in [0.29, 0.717) is 18.8 Å². The van der Waals surface area contributed by atoms with Gasteiger partial charge in [-0.3, -0.25) is 5.32 Å².